The molecule has 0 aliphatic carbocycles. The van der Waals surface area contributed by atoms with Crippen LogP contribution in [0.4, 0.5) is 5.69 Å². The molecule has 3 aromatic rings. The van der Waals surface area contributed by atoms with Gasteiger partial charge in [0.05, 0.1) is 5.39 Å². The van der Waals surface area contributed by atoms with E-state index in [4.69, 9.17) is 4.42 Å². The van der Waals surface area contributed by atoms with Gasteiger partial charge in [-0.05, 0) is 55.7 Å². The van der Waals surface area contributed by atoms with Gasteiger partial charge >= 0.3 is 0 Å². The third kappa shape index (κ3) is 2.88. The van der Waals surface area contributed by atoms with Crippen molar-refractivity contribution >= 4 is 22.6 Å². The molecule has 0 unspecified atom stereocenters. The van der Waals surface area contributed by atoms with Crippen LogP contribution in [-0.2, 0) is 0 Å². The molecule has 0 radical (unpaired) electrons. The third-order valence-corrected chi connectivity index (χ3v) is 3.94. The van der Waals surface area contributed by atoms with Crippen LogP contribution >= 0.6 is 0 Å². The van der Waals surface area contributed by atoms with Crippen molar-refractivity contribution in [2.24, 2.45) is 0 Å². The molecule has 3 rings (SSSR count). The van der Waals surface area contributed by atoms with Crippen LogP contribution in [-0.4, -0.2) is 5.91 Å². The van der Waals surface area contributed by atoms with Crippen LogP contribution in [0.15, 0.2) is 51.7 Å². The maximum absolute atomic E-state index is 12.4. The van der Waals surface area contributed by atoms with Gasteiger partial charge in [-0.1, -0.05) is 18.2 Å². The van der Waals surface area contributed by atoms with E-state index in [9.17, 15) is 9.59 Å². The monoisotopic (exact) mass is 307 g/mol. The van der Waals surface area contributed by atoms with Gasteiger partial charge in [0.15, 0.2) is 11.2 Å². The van der Waals surface area contributed by atoms with Crippen molar-refractivity contribution in [2.75, 3.05) is 5.32 Å². The fraction of sp³-hybridized carbons (Fsp3) is 0.158. The Hall–Kier alpha value is -2.88. The van der Waals surface area contributed by atoms with Gasteiger partial charge in [0.2, 0.25) is 0 Å². The van der Waals surface area contributed by atoms with Crippen LogP contribution in [0.3, 0.4) is 0 Å². The van der Waals surface area contributed by atoms with Crippen LogP contribution < -0.4 is 10.7 Å². The lowest BCUT2D eigenvalue weighted by Gasteiger charge is -2.08. The predicted octanol–water partition coefficient (Wildman–Crippen LogP) is 3.97. The van der Waals surface area contributed by atoms with E-state index < -0.39 is 5.91 Å². The Bertz CT molecular complexity index is 970. The molecule has 0 saturated heterocycles. The molecule has 1 N–H and O–H groups in total. The minimum absolute atomic E-state index is 0.00929. The lowest BCUT2D eigenvalue weighted by Crippen LogP contribution is -2.15. The number of aryl methyl sites for hydroxylation is 3. The molecule has 1 heterocycles. The summed E-state index contributed by atoms with van der Waals surface area (Å²) in [5.41, 5.74) is 3.95. The van der Waals surface area contributed by atoms with Crippen LogP contribution in [0, 0.1) is 20.8 Å². The van der Waals surface area contributed by atoms with E-state index in [-0.39, 0.29) is 11.2 Å². The van der Waals surface area contributed by atoms with Gasteiger partial charge in [-0.25, -0.2) is 0 Å². The molecule has 0 spiro atoms. The molecule has 0 saturated carbocycles. The highest BCUT2D eigenvalue weighted by molar-refractivity contribution is 6.03. The number of nitrogens with one attached hydrogen (secondary N) is 1. The van der Waals surface area contributed by atoms with Gasteiger partial charge in [-0.3, -0.25) is 9.59 Å². The number of hydrogen-bond acceptors (Lipinski definition) is 3. The van der Waals surface area contributed by atoms with E-state index in [1.807, 2.05) is 45.0 Å². The summed E-state index contributed by atoms with van der Waals surface area (Å²) in [7, 11) is 0. The zero-order chi connectivity index (χ0) is 16.6. The highest BCUT2D eigenvalue weighted by Crippen LogP contribution is 2.18. The average Bonchev–Trinajstić information content (AvgIpc) is 2.52. The minimum Gasteiger partial charge on any atom is -0.450 e. The Kier molecular flexibility index (Phi) is 3.74. The van der Waals surface area contributed by atoms with E-state index in [2.05, 4.69) is 5.32 Å². The summed E-state index contributed by atoms with van der Waals surface area (Å²) >= 11 is 0. The van der Waals surface area contributed by atoms with Crippen LogP contribution in [0.5, 0.6) is 0 Å². The lowest BCUT2D eigenvalue weighted by molar-refractivity contribution is 0.0997. The van der Waals surface area contributed by atoms with E-state index in [0.29, 0.717) is 16.7 Å². The number of benzene rings is 2. The largest absolute Gasteiger partial charge is 0.450 e. The van der Waals surface area contributed by atoms with Gasteiger partial charge in [-0.2, -0.15) is 0 Å². The molecular weight excluding hydrogens is 290 g/mol. The van der Waals surface area contributed by atoms with Crippen molar-refractivity contribution < 1.29 is 9.21 Å². The molecule has 1 aromatic heterocycles. The summed E-state index contributed by atoms with van der Waals surface area (Å²) < 4.78 is 5.65. The normalized spacial score (nSPS) is 10.7. The zero-order valence-corrected chi connectivity index (χ0v) is 13.3. The summed E-state index contributed by atoms with van der Waals surface area (Å²) in [6, 6.07) is 12.2. The second-order valence-electron chi connectivity index (χ2n) is 5.68. The maximum atomic E-state index is 12.4. The second-order valence-corrected chi connectivity index (χ2v) is 5.68. The van der Waals surface area contributed by atoms with Crippen molar-refractivity contribution in [3.8, 4) is 0 Å². The zero-order valence-electron chi connectivity index (χ0n) is 13.3. The smallest absolute Gasteiger partial charge is 0.291 e. The van der Waals surface area contributed by atoms with Crippen LogP contribution in [0.25, 0.3) is 11.0 Å². The number of anilines is 1. The van der Waals surface area contributed by atoms with Gasteiger partial charge < -0.3 is 9.73 Å². The molecule has 0 atom stereocenters. The third-order valence-electron chi connectivity index (χ3n) is 3.94. The standard InChI is InChI=1S/C19H17NO3/c1-11-7-8-14(9-13(11)3)20-19(22)17-10-16(21)15-6-4-5-12(2)18(15)23-17/h4-10H,1-3H3,(H,20,22). The maximum Gasteiger partial charge on any atom is 0.291 e. The summed E-state index contributed by atoms with van der Waals surface area (Å²) in [4.78, 5) is 24.5. The first-order chi connectivity index (χ1) is 11.0. The summed E-state index contributed by atoms with van der Waals surface area (Å²) in [5, 5.41) is 3.25. The summed E-state index contributed by atoms with van der Waals surface area (Å²) in [6.07, 6.45) is 0. The topological polar surface area (TPSA) is 59.3 Å². The Balaban J connectivity index is 1.99. The van der Waals surface area contributed by atoms with Crippen molar-refractivity contribution in [2.45, 2.75) is 20.8 Å². The first-order valence-electron chi connectivity index (χ1n) is 7.38. The number of para-hydroxylation sites is 1. The van der Waals surface area contributed by atoms with Crippen molar-refractivity contribution in [1.82, 2.24) is 0 Å². The van der Waals surface area contributed by atoms with Crippen LogP contribution in [0.1, 0.15) is 27.2 Å². The van der Waals surface area contributed by atoms with E-state index in [1.54, 1.807) is 12.1 Å². The van der Waals surface area contributed by atoms with Gasteiger partial charge in [0.1, 0.15) is 5.58 Å². The second kappa shape index (κ2) is 5.72. The molecule has 0 aliphatic heterocycles. The molecule has 23 heavy (non-hydrogen) atoms. The van der Waals surface area contributed by atoms with Gasteiger partial charge in [-0.15, -0.1) is 0 Å². The van der Waals surface area contributed by atoms with Gasteiger partial charge in [0.25, 0.3) is 5.91 Å². The number of rotatable bonds is 2. The average molecular weight is 307 g/mol. The quantitative estimate of drug-likeness (QED) is 0.779. The number of amides is 1. The molecule has 4 nitrogen and oxygen atoms in total. The lowest BCUT2D eigenvalue weighted by atomic mass is 10.1. The molecule has 0 aliphatic rings. The molecular formula is C19H17NO3. The first kappa shape index (κ1) is 15.0. The fourth-order valence-corrected chi connectivity index (χ4v) is 2.44. The molecule has 4 heteroatoms. The summed E-state index contributed by atoms with van der Waals surface area (Å²) in [6.45, 7) is 5.83. The first-order valence-corrected chi connectivity index (χ1v) is 7.38. The highest BCUT2D eigenvalue weighted by Gasteiger charge is 2.13. The predicted molar refractivity (Wildman–Crippen MR) is 91.1 cm³/mol. The number of hydrogen-bond donors (Lipinski definition) is 1. The molecule has 2 aromatic carbocycles. The molecule has 0 fully saturated rings. The Morgan fingerprint density at radius 2 is 1.74 bits per heavy atom. The van der Waals surface area contributed by atoms with Gasteiger partial charge in [0, 0.05) is 11.8 Å². The van der Waals surface area contributed by atoms with Crippen molar-refractivity contribution in [3.63, 3.8) is 0 Å². The van der Waals surface area contributed by atoms with Crippen molar-refractivity contribution in [3.05, 3.63) is 75.1 Å². The molecule has 116 valence electrons. The Morgan fingerprint density at radius 3 is 2.48 bits per heavy atom. The molecule has 1 amide bonds. The fourth-order valence-electron chi connectivity index (χ4n) is 2.44. The minimum atomic E-state index is -0.435. The van der Waals surface area contributed by atoms with Crippen molar-refractivity contribution in [1.29, 1.82) is 0 Å². The van der Waals surface area contributed by atoms with E-state index in [1.165, 1.54) is 6.07 Å². The number of fused-ring (bicyclic) bond motifs is 1. The summed E-state index contributed by atoms with van der Waals surface area (Å²) in [5.74, 6) is -0.425. The Morgan fingerprint density at radius 1 is 0.957 bits per heavy atom. The molecule has 0 bridgehead atoms. The van der Waals surface area contributed by atoms with E-state index in [0.717, 1.165) is 16.7 Å². The highest BCUT2D eigenvalue weighted by atomic mass is 16.3. The number of carbonyl (C=O) groups is 1. The SMILES string of the molecule is Cc1ccc(NC(=O)c2cc(=O)c3cccc(C)c3o2)cc1C. The van der Waals surface area contributed by atoms with Crippen LogP contribution in [0.2, 0.25) is 0 Å². The van der Waals surface area contributed by atoms with E-state index >= 15 is 0 Å². The Labute approximate surface area is 133 Å². The number of carbonyl (C=O) groups excluding carboxylic acids is 1.